The van der Waals surface area contributed by atoms with Gasteiger partial charge in [0.05, 0.1) is 7.47 Å². The van der Waals surface area contributed by atoms with Gasteiger partial charge in [-0.2, -0.15) is 0 Å². The molecule has 0 spiro atoms. The van der Waals surface area contributed by atoms with Gasteiger partial charge in [-0.15, -0.1) is 0 Å². The third-order valence-electron chi connectivity index (χ3n) is 3.08. The molecule has 0 saturated carbocycles. The zero-order valence-corrected chi connectivity index (χ0v) is 9.45. The minimum Gasteiger partial charge on any atom is -0.447 e. The molecule has 3 rings (SSSR count). The maximum Gasteiger partial charge on any atom is 0.407 e. The summed E-state index contributed by atoms with van der Waals surface area (Å²) in [6.45, 7) is 6.38. The monoisotopic (exact) mass is 213 g/mol. The van der Waals surface area contributed by atoms with Crippen LogP contribution in [0.1, 0.15) is 28.1 Å². The van der Waals surface area contributed by atoms with Crippen LogP contribution in [0, 0.1) is 5.92 Å². The quantitative estimate of drug-likeness (QED) is 0.749. The maximum absolute atomic E-state index is 11.5. The van der Waals surface area contributed by atoms with Gasteiger partial charge in [-0.05, 0) is 45.7 Å². The molecule has 2 bridgehead atoms. The molecule has 4 nitrogen and oxygen atoms in total. The van der Waals surface area contributed by atoms with Crippen LogP contribution in [0.4, 0.5) is 4.79 Å². The normalized spacial score (nSPS) is 40.1. The molecule has 3 aliphatic heterocycles. The Hall–Kier alpha value is -0.770. The first-order valence-electron chi connectivity index (χ1n) is 6.21. The van der Waals surface area contributed by atoms with Crippen molar-refractivity contribution in [3.8, 4) is 0 Å². The predicted molar refractivity (Wildman–Crippen MR) is 57.7 cm³/mol. The number of alkyl carbamates (subject to hydrolysis) is 1. The highest BCUT2D eigenvalue weighted by molar-refractivity contribution is 5.67. The van der Waals surface area contributed by atoms with Crippen molar-refractivity contribution in [3.05, 3.63) is 0 Å². The van der Waals surface area contributed by atoms with E-state index in [4.69, 9.17) is 6.11 Å². The van der Waals surface area contributed by atoms with Gasteiger partial charge in [0.25, 0.3) is 0 Å². The SMILES string of the molecule is [2H]C1(NC(=O)OC(C)C)CN2CCC1CC2. The summed E-state index contributed by atoms with van der Waals surface area (Å²) in [6.07, 6.45) is 1.42. The van der Waals surface area contributed by atoms with E-state index in [2.05, 4.69) is 10.2 Å². The van der Waals surface area contributed by atoms with Crippen molar-refractivity contribution in [1.29, 1.82) is 0 Å². The Bertz CT molecular complexity index is 277. The molecule has 0 aromatic carbocycles. The molecule has 3 saturated heterocycles. The smallest absolute Gasteiger partial charge is 0.407 e. The van der Waals surface area contributed by atoms with Crippen LogP contribution in [-0.2, 0) is 4.74 Å². The number of piperidine rings is 3. The van der Waals surface area contributed by atoms with Gasteiger partial charge in [-0.3, -0.25) is 0 Å². The van der Waals surface area contributed by atoms with E-state index < -0.39 is 12.1 Å². The summed E-state index contributed by atoms with van der Waals surface area (Å²) in [5.41, 5.74) is 0. The van der Waals surface area contributed by atoms with E-state index in [-0.39, 0.29) is 12.0 Å². The number of carbonyl (C=O) groups excluding carboxylic acids is 1. The molecule has 86 valence electrons. The zero-order valence-electron chi connectivity index (χ0n) is 10.5. The summed E-state index contributed by atoms with van der Waals surface area (Å²) < 4.78 is 13.4. The number of amides is 1. The van der Waals surface area contributed by atoms with Crippen molar-refractivity contribution >= 4 is 6.09 Å². The summed E-state index contributed by atoms with van der Waals surface area (Å²) in [4.78, 5) is 13.8. The molecule has 4 heteroatoms. The van der Waals surface area contributed by atoms with Gasteiger partial charge in [-0.1, -0.05) is 0 Å². The lowest BCUT2D eigenvalue weighted by Crippen LogP contribution is -2.57. The first kappa shape index (κ1) is 9.46. The molecule has 15 heavy (non-hydrogen) atoms. The third-order valence-corrected chi connectivity index (χ3v) is 3.08. The molecule has 0 aromatic heterocycles. The summed E-state index contributed by atoms with van der Waals surface area (Å²) >= 11 is 0. The number of hydrogen-bond acceptors (Lipinski definition) is 3. The number of rotatable bonds is 2. The Balaban J connectivity index is 1.95. The molecule has 3 fully saturated rings. The molecular formula is C11H20N2O2. The van der Waals surface area contributed by atoms with E-state index >= 15 is 0 Å². The molecule has 1 unspecified atom stereocenters. The molecule has 3 heterocycles. The average Bonchev–Trinajstić information content (AvgIpc) is 2.16. The summed E-state index contributed by atoms with van der Waals surface area (Å²) in [5, 5.41) is 2.72. The molecule has 1 atom stereocenters. The van der Waals surface area contributed by atoms with Crippen LogP contribution in [0.15, 0.2) is 0 Å². The Morgan fingerprint density at radius 1 is 1.53 bits per heavy atom. The van der Waals surface area contributed by atoms with Gasteiger partial charge in [0.15, 0.2) is 0 Å². The number of ether oxygens (including phenoxy) is 1. The van der Waals surface area contributed by atoms with Crippen molar-refractivity contribution in [1.82, 2.24) is 10.2 Å². The second kappa shape index (κ2) is 4.39. The zero-order chi connectivity index (χ0) is 11.8. The highest BCUT2D eigenvalue weighted by atomic mass is 16.6. The van der Waals surface area contributed by atoms with Crippen LogP contribution in [0.25, 0.3) is 0 Å². The molecule has 1 amide bonds. The fourth-order valence-corrected chi connectivity index (χ4v) is 2.33. The van der Waals surface area contributed by atoms with Gasteiger partial charge in [0, 0.05) is 12.6 Å². The van der Waals surface area contributed by atoms with Crippen LogP contribution >= 0.6 is 0 Å². The van der Waals surface area contributed by atoms with Crippen molar-refractivity contribution in [2.75, 3.05) is 19.6 Å². The van der Waals surface area contributed by atoms with E-state index in [0.717, 1.165) is 25.9 Å². The first-order chi connectivity index (χ1) is 7.49. The average molecular weight is 213 g/mol. The minimum absolute atomic E-state index is 0.135. The van der Waals surface area contributed by atoms with Crippen LogP contribution in [-0.4, -0.2) is 42.7 Å². The Morgan fingerprint density at radius 3 is 2.67 bits per heavy atom. The Labute approximate surface area is 92.4 Å². The van der Waals surface area contributed by atoms with E-state index in [0.29, 0.717) is 6.54 Å². The van der Waals surface area contributed by atoms with Crippen LogP contribution in [0.2, 0.25) is 0 Å². The number of nitrogens with one attached hydrogen (secondary N) is 1. The number of carbonyl (C=O) groups is 1. The maximum atomic E-state index is 11.5. The molecule has 1 N–H and O–H groups in total. The lowest BCUT2D eigenvalue weighted by Gasteiger charge is -2.44. The van der Waals surface area contributed by atoms with Crippen LogP contribution in [0.3, 0.4) is 0 Å². The van der Waals surface area contributed by atoms with Crippen LogP contribution < -0.4 is 5.32 Å². The van der Waals surface area contributed by atoms with Gasteiger partial charge in [-0.25, -0.2) is 4.79 Å². The summed E-state index contributed by atoms with van der Waals surface area (Å²) in [7, 11) is 0. The van der Waals surface area contributed by atoms with Crippen molar-refractivity contribution in [3.63, 3.8) is 0 Å². The molecular weight excluding hydrogens is 192 g/mol. The van der Waals surface area contributed by atoms with Crippen molar-refractivity contribution in [2.24, 2.45) is 5.92 Å². The van der Waals surface area contributed by atoms with Gasteiger partial charge in [0.1, 0.15) is 0 Å². The summed E-state index contributed by atoms with van der Waals surface area (Å²) in [5.74, 6) is 0.275. The second-order valence-electron chi connectivity index (χ2n) is 4.65. The molecule has 0 aliphatic carbocycles. The molecule has 0 aromatic rings. The largest absolute Gasteiger partial charge is 0.447 e. The van der Waals surface area contributed by atoms with E-state index in [1.807, 2.05) is 13.8 Å². The highest BCUT2D eigenvalue weighted by Crippen LogP contribution is 2.27. The van der Waals surface area contributed by atoms with E-state index in [1.165, 1.54) is 0 Å². The van der Waals surface area contributed by atoms with E-state index in [9.17, 15) is 4.79 Å². The lowest BCUT2D eigenvalue weighted by atomic mass is 9.84. The topological polar surface area (TPSA) is 41.6 Å². The summed E-state index contributed by atoms with van der Waals surface area (Å²) in [6, 6.07) is -0.845. The number of fused-ring (bicyclic) bond motifs is 3. The van der Waals surface area contributed by atoms with Crippen molar-refractivity contribution < 1.29 is 10.9 Å². The fraction of sp³-hybridized carbons (Fsp3) is 0.909. The van der Waals surface area contributed by atoms with Gasteiger partial charge in [0.2, 0.25) is 0 Å². The third kappa shape index (κ3) is 2.62. The highest BCUT2D eigenvalue weighted by Gasteiger charge is 2.35. The van der Waals surface area contributed by atoms with E-state index in [1.54, 1.807) is 0 Å². The second-order valence-corrected chi connectivity index (χ2v) is 4.65. The minimum atomic E-state index is -0.845. The Morgan fingerprint density at radius 2 is 2.20 bits per heavy atom. The molecule has 0 radical (unpaired) electrons. The predicted octanol–water partition coefficient (Wildman–Crippen LogP) is 1.22. The van der Waals surface area contributed by atoms with Gasteiger partial charge < -0.3 is 15.0 Å². The standard InChI is InChI=1S/C11H20N2O2/c1-8(2)15-11(14)12-10-7-13-5-3-9(10)4-6-13/h8-10H,3-7H2,1-2H3,(H,12,14)/i10D. The van der Waals surface area contributed by atoms with Crippen LogP contribution in [0.5, 0.6) is 0 Å². The first-order valence-corrected chi connectivity index (χ1v) is 5.71. The Kier molecular flexibility index (Phi) is 2.77. The number of hydrogen-bond donors (Lipinski definition) is 1. The van der Waals surface area contributed by atoms with Crippen molar-refractivity contribution in [2.45, 2.75) is 38.8 Å². The van der Waals surface area contributed by atoms with Gasteiger partial charge >= 0.3 is 6.09 Å². The molecule has 3 aliphatic rings. The lowest BCUT2D eigenvalue weighted by molar-refractivity contribution is 0.0592. The number of nitrogens with zero attached hydrogens (tertiary/aromatic N) is 1. The fourth-order valence-electron chi connectivity index (χ4n) is 2.33.